The van der Waals surface area contributed by atoms with Crippen LogP contribution in [0.25, 0.3) is 0 Å². The van der Waals surface area contributed by atoms with Crippen LogP contribution in [0.4, 0.5) is 0 Å². The van der Waals surface area contributed by atoms with Crippen LogP contribution in [0.15, 0.2) is 46.9 Å². The van der Waals surface area contributed by atoms with E-state index in [1.807, 2.05) is 6.07 Å². The van der Waals surface area contributed by atoms with Crippen molar-refractivity contribution in [1.82, 2.24) is 5.32 Å². The smallest absolute Gasteiger partial charge is 0.123 e. The summed E-state index contributed by atoms with van der Waals surface area (Å²) in [6.07, 6.45) is 0. The molecule has 2 aromatic carbocycles. The molecule has 0 spiro atoms. The van der Waals surface area contributed by atoms with Gasteiger partial charge in [-0.2, -0.15) is 0 Å². The van der Waals surface area contributed by atoms with E-state index in [9.17, 15) is 0 Å². The zero-order valence-electron chi connectivity index (χ0n) is 13.0. The number of benzene rings is 2. The highest BCUT2D eigenvalue weighted by Gasteiger charge is 2.16. The van der Waals surface area contributed by atoms with Crippen LogP contribution in [0.1, 0.15) is 42.6 Å². The second-order valence-corrected chi connectivity index (χ2v) is 6.23. The minimum atomic E-state index is 0.211. The van der Waals surface area contributed by atoms with Crippen LogP contribution in [0.5, 0.6) is 5.75 Å². The van der Waals surface area contributed by atoms with Crippen LogP contribution in [-0.2, 0) is 0 Å². The largest absolute Gasteiger partial charge is 0.496 e. The number of nitrogens with one attached hydrogen (secondary N) is 1. The Morgan fingerprint density at radius 3 is 2.33 bits per heavy atom. The molecule has 0 aliphatic rings. The second-order valence-electron chi connectivity index (χ2n) is 5.38. The van der Waals surface area contributed by atoms with Gasteiger partial charge in [-0.15, -0.1) is 0 Å². The lowest BCUT2D eigenvalue weighted by atomic mass is 10.0. The van der Waals surface area contributed by atoms with Gasteiger partial charge in [0.05, 0.1) is 7.11 Å². The Balaban J connectivity index is 2.18. The fourth-order valence-corrected chi connectivity index (χ4v) is 3.19. The Labute approximate surface area is 135 Å². The summed E-state index contributed by atoms with van der Waals surface area (Å²) in [6, 6.07) is 15.1. The van der Waals surface area contributed by atoms with Crippen LogP contribution in [0.2, 0.25) is 0 Å². The van der Waals surface area contributed by atoms with E-state index in [2.05, 4.69) is 78.4 Å². The number of halogens is 1. The monoisotopic (exact) mass is 347 g/mol. The highest BCUT2D eigenvalue weighted by molar-refractivity contribution is 9.10. The maximum absolute atomic E-state index is 5.51. The molecule has 0 bridgehead atoms. The molecule has 0 aromatic heterocycles. The summed E-state index contributed by atoms with van der Waals surface area (Å²) in [7, 11) is 1.72. The fourth-order valence-electron chi connectivity index (χ4n) is 2.56. The van der Waals surface area contributed by atoms with Gasteiger partial charge >= 0.3 is 0 Å². The second kappa shape index (κ2) is 7.10. The third kappa shape index (κ3) is 3.86. The third-order valence-electron chi connectivity index (χ3n) is 3.73. The molecular weight excluding hydrogens is 326 g/mol. The molecule has 2 atom stereocenters. The van der Waals surface area contributed by atoms with Crippen molar-refractivity contribution in [3.05, 3.63) is 63.6 Å². The Bertz CT molecular complexity index is 612. The van der Waals surface area contributed by atoms with Crippen molar-refractivity contribution in [1.29, 1.82) is 0 Å². The number of aryl methyl sites for hydroxylation is 1. The zero-order chi connectivity index (χ0) is 15.4. The Hall–Kier alpha value is -1.32. The van der Waals surface area contributed by atoms with E-state index in [1.165, 1.54) is 16.7 Å². The minimum absolute atomic E-state index is 0.211. The van der Waals surface area contributed by atoms with Gasteiger partial charge in [0.25, 0.3) is 0 Å². The Morgan fingerprint density at radius 1 is 1.00 bits per heavy atom. The number of hydrogen-bond donors (Lipinski definition) is 1. The van der Waals surface area contributed by atoms with E-state index in [4.69, 9.17) is 4.74 Å². The summed E-state index contributed by atoms with van der Waals surface area (Å²) in [5.41, 5.74) is 3.65. The average molecular weight is 348 g/mol. The van der Waals surface area contributed by atoms with Crippen LogP contribution >= 0.6 is 15.9 Å². The zero-order valence-corrected chi connectivity index (χ0v) is 14.6. The topological polar surface area (TPSA) is 21.3 Å². The predicted octanol–water partition coefficient (Wildman–Crippen LogP) is 5.18. The lowest BCUT2D eigenvalue weighted by molar-refractivity contribution is 0.396. The van der Waals surface area contributed by atoms with Gasteiger partial charge in [0.15, 0.2) is 0 Å². The van der Waals surface area contributed by atoms with E-state index in [-0.39, 0.29) is 12.1 Å². The number of methoxy groups -OCH3 is 1. The molecular formula is C18H22BrNO. The van der Waals surface area contributed by atoms with Crippen LogP contribution in [0, 0.1) is 6.92 Å². The minimum Gasteiger partial charge on any atom is -0.496 e. The summed E-state index contributed by atoms with van der Waals surface area (Å²) >= 11 is 3.62. The number of rotatable bonds is 5. The molecule has 2 nitrogen and oxygen atoms in total. The molecule has 0 saturated heterocycles. The standard InChI is InChI=1S/C18H22BrNO/c1-12-9-10-16(18(11-12)21-4)14(3)20-13(2)15-7-5-6-8-17(15)19/h5-11,13-14,20H,1-4H3/t13-,14?/m1/s1. The summed E-state index contributed by atoms with van der Waals surface area (Å²) < 4.78 is 6.64. The van der Waals surface area contributed by atoms with Gasteiger partial charge < -0.3 is 10.1 Å². The summed E-state index contributed by atoms with van der Waals surface area (Å²) in [4.78, 5) is 0. The molecule has 0 saturated carbocycles. The van der Waals surface area contributed by atoms with Gasteiger partial charge in [-0.3, -0.25) is 0 Å². The van der Waals surface area contributed by atoms with Crippen molar-refractivity contribution < 1.29 is 4.74 Å². The molecule has 2 rings (SSSR count). The van der Waals surface area contributed by atoms with E-state index in [0.717, 1.165) is 10.2 Å². The van der Waals surface area contributed by atoms with Crippen molar-refractivity contribution in [2.24, 2.45) is 0 Å². The quantitative estimate of drug-likeness (QED) is 0.804. The molecule has 3 heteroatoms. The van der Waals surface area contributed by atoms with Crippen LogP contribution < -0.4 is 10.1 Å². The summed E-state index contributed by atoms with van der Waals surface area (Å²) in [5.74, 6) is 0.939. The van der Waals surface area contributed by atoms with Crippen LogP contribution in [-0.4, -0.2) is 7.11 Å². The maximum atomic E-state index is 5.51. The van der Waals surface area contributed by atoms with E-state index >= 15 is 0 Å². The van der Waals surface area contributed by atoms with Gasteiger partial charge in [0.1, 0.15) is 5.75 Å². The van der Waals surface area contributed by atoms with Gasteiger partial charge in [-0.05, 0) is 44.0 Å². The van der Waals surface area contributed by atoms with Crippen molar-refractivity contribution in [2.45, 2.75) is 32.9 Å². The lowest BCUT2D eigenvalue weighted by Crippen LogP contribution is -2.23. The van der Waals surface area contributed by atoms with Crippen LogP contribution in [0.3, 0.4) is 0 Å². The molecule has 0 radical (unpaired) electrons. The average Bonchev–Trinajstić information content (AvgIpc) is 2.47. The molecule has 1 unspecified atom stereocenters. The van der Waals surface area contributed by atoms with Gasteiger partial charge in [0.2, 0.25) is 0 Å². The number of ether oxygens (including phenoxy) is 1. The van der Waals surface area contributed by atoms with Gasteiger partial charge in [-0.1, -0.05) is 46.3 Å². The molecule has 2 aromatic rings. The first-order valence-corrected chi connectivity index (χ1v) is 7.97. The van der Waals surface area contributed by atoms with Gasteiger partial charge in [-0.25, -0.2) is 0 Å². The van der Waals surface area contributed by atoms with E-state index in [1.54, 1.807) is 7.11 Å². The van der Waals surface area contributed by atoms with Crippen molar-refractivity contribution in [3.63, 3.8) is 0 Å². The molecule has 21 heavy (non-hydrogen) atoms. The third-order valence-corrected chi connectivity index (χ3v) is 4.45. The first-order valence-electron chi connectivity index (χ1n) is 7.18. The first kappa shape index (κ1) is 16.1. The highest BCUT2D eigenvalue weighted by Crippen LogP contribution is 2.29. The molecule has 112 valence electrons. The fraction of sp³-hybridized carbons (Fsp3) is 0.333. The van der Waals surface area contributed by atoms with E-state index < -0.39 is 0 Å². The predicted molar refractivity (Wildman–Crippen MR) is 91.8 cm³/mol. The molecule has 0 amide bonds. The Kier molecular flexibility index (Phi) is 5.43. The molecule has 1 N–H and O–H groups in total. The molecule has 0 fully saturated rings. The molecule has 0 aliphatic carbocycles. The lowest BCUT2D eigenvalue weighted by Gasteiger charge is -2.23. The SMILES string of the molecule is COc1cc(C)ccc1C(C)N[C@H](C)c1ccccc1Br. The van der Waals surface area contributed by atoms with E-state index in [0.29, 0.717) is 0 Å². The molecule has 0 aliphatic heterocycles. The van der Waals surface area contributed by atoms with Gasteiger partial charge in [0, 0.05) is 22.1 Å². The Morgan fingerprint density at radius 2 is 1.67 bits per heavy atom. The first-order chi connectivity index (χ1) is 10.0. The normalized spacial score (nSPS) is 13.8. The summed E-state index contributed by atoms with van der Waals surface area (Å²) in [5, 5.41) is 3.64. The van der Waals surface area contributed by atoms with Crippen molar-refractivity contribution in [2.75, 3.05) is 7.11 Å². The summed E-state index contributed by atoms with van der Waals surface area (Å²) in [6.45, 7) is 6.42. The maximum Gasteiger partial charge on any atom is 0.123 e. The molecule has 0 heterocycles. The number of hydrogen-bond acceptors (Lipinski definition) is 2. The van der Waals surface area contributed by atoms with Crippen molar-refractivity contribution >= 4 is 15.9 Å². The highest BCUT2D eigenvalue weighted by atomic mass is 79.9. The van der Waals surface area contributed by atoms with Crippen molar-refractivity contribution in [3.8, 4) is 5.75 Å².